The van der Waals surface area contributed by atoms with Crippen LogP contribution >= 0.6 is 11.6 Å². The first-order valence-corrected chi connectivity index (χ1v) is 7.78. The lowest BCUT2D eigenvalue weighted by atomic mass is 9.92. The monoisotopic (exact) mass is 332 g/mol. The second-order valence-electron chi connectivity index (χ2n) is 5.96. The summed E-state index contributed by atoms with van der Waals surface area (Å²) in [5.41, 5.74) is 1.19. The number of aromatic nitrogens is 2. The van der Waals surface area contributed by atoms with Gasteiger partial charge in [-0.15, -0.1) is 0 Å². The third-order valence-corrected chi connectivity index (χ3v) is 4.75. The van der Waals surface area contributed by atoms with Crippen LogP contribution < -0.4 is 10.5 Å². The number of piperidine rings is 1. The molecule has 3 rings (SSSR count). The van der Waals surface area contributed by atoms with Crippen LogP contribution in [0.15, 0.2) is 16.9 Å². The summed E-state index contributed by atoms with van der Waals surface area (Å²) >= 11 is 6.01. The van der Waals surface area contributed by atoms with Gasteiger partial charge in [0.2, 0.25) is 0 Å². The lowest BCUT2D eigenvalue weighted by Crippen LogP contribution is -2.44. The lowest BCUT2D eigenvalue weighted by Gasteiger charge is -2.39. The first-order valence-electron chi connectivity index (χ1n) is 7.40. The molecule has 0 saturated carbocycles. The van der Waals surface area contributed by atoms with Crippen LogP contribution in [0.1, 0.15) is 25.3 Å². The summed E-state index contributed by atoms with van der Waals surface area (Å²) in [5.74, 6) is 0. The largest absolute Gasteiger partial charge is 0.378 e. The smallest absolute Gasteiger partial charge is 0.268 e. The molecule has 0 unspecified atom stereocenters. The summed E-state index contributed by atoms with van der Waals surface area (Å²) in [5, 5.41) is 9.75. The van der Waals surface area contributed by atoms with Gasteiger partial charge in [0.25, 0.3) is 5.56 Å². The molecule has 23 heavy (non-hydrogen) atoms. The molecule has 0 radical (unpaired) electrons. The number of fused-ring (bicyclic) bond motifs is 1. The van der Waals surface area contributed by atoms with Crippen LogP contribution in [0.5, 0.6) is 0 Å². The Kier molecular flexibility index (Phi) is 4.00. The molecule has 0 bridgehead atoms. The maximum absolute atomic E-state index is 12.2. The predicted molar refractivity (Wildman–Crippen MR) is 88.9 cm³/mol. The summed E-state index contributed by atoms with van der Waals surface area (Å²) < 4.78 is 5.55. The van der Waals surface area contributed by atoms with Crippen LogP contribution in [0, 0.1) is 11.3 Å². The van der Waals surface area contributed by atoms with E-state index in [-0.39, 0.29) is 11.2 Å². The van der Waals surface area contributed by atoms with Crippen molar-refractivity contribution in [2.45, 2.75) is 25.4 Å². The van der Waals surface area contributed by atoms with Crippen LogP contribution in [0.2, 0.25) is 5.15 Å². The van der Waals surface area contributed by atoms with Crippen molar-refractivity contribution in [1.29, 1.82) is 5.26 Å². The average Bonchev–Trinajstić information content (AvgIpc) is 2.55. The molecule has 0 aliphatic carbocycles. The number of anilines is 1. The molecule has 1 saturated heterocycles. The Morgan fingerprint density at radius 1 is 1.43 bits per heavy atom. The molecule has 1 aliphatic heterocycles. The Morgan fingerprint density at radius 2 is 2.13 bits per heavy atom. The number of methoxy groups -OCH3 is 1. The topological polar surface area (TPSA) is 82.0 Å². The van der Waals surface area contributed by atoms with Gasteiger partial charge in [-0.25, -0.2) is 4.98 Å². The van der Waals surface area contributed by atoms with Crippen molar-refractivity contribution >= 4 is 28.3 Å². The predicted octanol–water partition coefficient (Wildman–Crippen LogP) is 2.45. The van der Waals surface area contributed by atoms with E-state index in [4.69, 9.17) is 16.3 Å². The first kappa shape index (κ1) is 15.8. The molecule has 2 aromatic heterocycles. The molecule has 0 atom stereocenters. The van der Waals surface area contributed by atoms with E-state index >= 15 is 0 Å². The fourth-order valence-corrected chi connectivity index (χ4v) is 3.09. The van der Waals surface area contributed by atoms with Gasteiger partial charge < -0.3 is 14.6 Å². The molecule has 1 aliphatic rings. The zero-order chi connectivity index (χ0) is 16.6. The molecule has 6 nitrogen and oxygen atoms in total. The maximum Gasteiger partial charge on any atom is 0.268 e. The minimum atomic E-state index is -0.404. The Morgan fingerprint density at radius 3 is 2.74 bits per heavy atom. The molecule has 0 amide bonds. The highest BCUT2D eigenvalue weighted by atomic mass is 35.5. The molecular weight excluding hydrogens is 316 g/mol. The number of nitriles is 1. The van der Waals surface area contributed by atoms with Crippen LogP contribution in [-0.4, -0.2) is 35.8 Å². The molecule has 7 heteroatoms. The number of aromatic amines is 1. The molecule has 0 aromatic carbocycles. The van der Waals surface area contributed by atoms with Crippen molar-refractivity contribution in [1.82, 2.24) is 9.97 Å². The van der Waals surface area contributed by atoms with Gasteiger partial charge in [-0.2, -0.15) is 5.26 Å². The van der Waals surface area contributed by atoms with E-state index in [0.29, 0.717) is 35.0 Å². The minimum absolute atomic E-state index is 0.0771. The number of rotatable bonds is 2. The normalized spacial score (nSPS) is 17.2. The fourth-order valence-electron chi connectivity index (χ4n) is 2.95. The van der Waals surface area contributed by atoms with E-state index in [9.17, 15) is 10.1 Å². The molecule has 1 N–H and O–H groups in total. The zero-order valence-corrected chi connectivity index (χ0v) is 13.8. The SMILES string of the molecule is COC1(C)CCN(c2c(C#N)c(=O)[nH]c3ccc(Cl)nc23)CC1. The number of hydrogen-bond acceptors (Lipinski definition) is 5. The van der Waals surface area contributed by atoms with E-state index in [1.807, 2.05) is 11.0 Å². The van der Waals surface area contributed by atoms with Crippen molar-refractivity contribution in [3.63, 3.8) is 0 Å². The molecule has 1 fully saturated rings. The van der Waals surface area contributed by atoms with Gasteiger partial charge in [-0.3, -0.25) is 4.79 Å². The number of nitrogens with zero attached hydrogens (tertiary/aromatic N) is 3. The summed E-state index contributed by atoms with van der Waals surface area (Å²) in [6, 6.07) is 5.33. The Bertz CT molecular complexity index is 848. The van der Waals surface area contributed by atoms with Gasteiger partial charge in [0, 0.05) is 20.2 Å². The second kappa shape index (κ2) is 5.84. The highest BCUT2D eigenvalue weighted by molar-refractivity contribution is 6.29. The summed E-state index contributed by atoms with van der Waals surface area (Å²) in [6.07, 6.45) is 1.62. The Balaban J connectivity index is 2.14. The average molecular weight is 333 g/mol. The number of pyridine rings is 2. The standard InChI is InChI=1S/C16H17ClN4O2/c1-16(23-2)5-7-21(8-6-16)14-10(9-18)15(22)19-11-3-4-12(17)20-13(11)14/h3-4H,5-8H2,1-2H3,(H,19,22). The number of halogens is 1. The Hall–Kier alpha value is -2.10. The molecule has 120 valence electrons. The summed E-state index contributed by atoms with van der Waals surface area (Å²) in [4.78, 5) is 21.3. The summed E-state index contributed by atoms with van der Waals surface area (Å²) in [6.45, 7) is 3.44. The zero-order valence-electron chi connectivity index (χ0n) is 13.0. The number of ether oxygens (including phenoxy) is 1. The maximum atomic E-state index is 12.2. The number of nitrogens with one attached hydrogen (secondary N) is 1. The Labute approximate surface area is 138 Å². The van der Waals surface area contributed by atoms with E-state index in [2.05, 4.69) is 16.9 Å². The molecular formula is C16H17ClN4O2. The van der Waals surface area contributed by atoms with E-state index in [1.165, 1.54) is 0 Å². The highest BCUT2D eigenvalue weighted by Crippen LogP contribution is 2.33. The van der Waals surface area contributed by atoms with E-state index in [0.717, 1.165) is 12.8 Å². The second-order valence-corrected chi connectivity index (χ2v) is 6.35. The quantitative estimate of drug-likeness (QED) is 0.854. The molecule has 2 aromatic rings. The van der Waals surface area contributed by atoms with E-state index < -0.39 is 5.56 Å². The highest BCUT2D eigenvalue weighted by Gasteiger charge is 2.32. The third-order valence-electron chi connectivity index (χ3n) is 4.54. The number of hydrogen-bond donors (Lipinski definition) is 1. The molecule has 0 spiro atoms. The first-order chi connectivity index (χ1) is 11.0. The van der Waals surface area contributed by atoms with Gasteiger partial charge in [0.15, 0.2) is 0 Å². The van der Waals surface area contributed by atoms with Gasteiger partial charge in [0.05, 0.1) is 16.8 Å². The van der Waals surface area contributed by atoms with Gasteiger partial charge in [0.1, 0.15) is 22.3 Å². The minimum Gasteiger partial charge on any atom is -0.378 e. The van der Waals surface area contributed by atoms with Crippen LogP contribution in [0.3, 0.4) is 0 Å². The summed E-state index contributed by atoms with van der Waals surface area (Å²) in [7, 11) is 1.71. The van der Waals surface area contributed by atoms with Gasteiger partial charge >= 0.3 is 0 Å². The van der Waals surface area contributed by atoms with Crippen LogP contribution in [0.25, 0.3) is 11.0 Å². The van der Waals surface area contributed by atoms with Crippen molar-refractivity contribution in [2.75, 3.05) is 25.1 Å². The lowest BCUT2D eigenvalue weighted by molar-refractivity contribution is -0.0132. The third kappa shape index (κ3) is 2.78. The van der Waals surface area contributed by atoms with E-state index in [1.54, 1.807) is 19.2 Å². The van der Waals surface area contributed by atoms with Crippen molar-refractivity contribution in [3.05, 3.63) is 33.2 Å². The van der Waals surface area contributed by atoms with Crippen molar-refractivity contribution < 1.29 is 4.74 Å². The van der Waals surface area contributed by atoms with Crippen LogP contribution in [-0.2, 0) is 4.74 Å². The number of H-pyrrole nitrogens is 1. The fraction of sp³-hybridized carbons (Fsp3) is 0.438. The van der Waals surface area contributed by atoms with Crippen molar-refractivity contribution in [3.8, 4) is 6.07 Å². The van der Waals surface area contributed by atoms with Crippen molar-refractivity contribution in [2.24, 2.45) is 0 Å². The van der Waals surface area contributed by atoms with Crippen LogP contribution in [0.4, 0.5) is 5.69 Å². The molecule has 3 heterocycles. The van der Waals surface area contributed by atoms with Gasteiger partial charge in [-0.1, -0.05) is 11.6 Å². The van der Waals surface area contributed by atoms with Gasteiger partial charge in [-0.05, 0) is 31.9 Å².